The number of nitrogens with zero attached hydrogens (tertiary/aromatic N) is 2. The Balaban J connectivity index is 2.12. The van der Waals surface area contributed by atoms with Gasteiger partial charge in [0.25, 0.3) is 0 Å². The number of aromatic nitrogens is 2. The number of hydrogen-bond donors (Lipinski definition) is 3. The molecule has 1 aliphatic heterocycles. The summed E-state index contributed by atoms with van der Waals surface area (Å²) in [7, 11) is 1.72. The lowest BCUT2D eigenvalue weighted by Gasteiger charge is -2.26. The molecule has 0 spiro atoms. The van der Waals surface area contributed by atoms with Crippen LogP contribution in [0, 0.1) is 0 Å². The highest BCUT2D eigenvalue weighted by molar-refractivity contribution is 5.57. The largest absolute Gasteiger partial charge is 0.378 e. The fourth-order valence-corrected chi connectivity index (χ4v) is 2.38. The molecule has 0 aliphatic carbocycles. The van der Waals surface area contributed by atoms with Gasteiger partial charge in [-0.05, 0) is 6.42 Å². The average molecular weight is 281 g/mol. The summed E-state index contributed by atoms with van der Waals surface area (Å²) in [5.74, 6) is 6.98. The third-order valence-corrected chi connectivity index (χ3v) is 3.66. The van der Waals surface area contributed by atoms with Gasteiger partial charge in [-0.15, -0.1) is 0 Å². The average Bonchev–Trinajstić information content (AvgIpc) is 2.96. The molecule has 0 radical (unpaired) electrons. The Morgan fingerprint density at radius 3 is 2.85 bits per heavy atom. The number of hydrogen-bond acceptors (Lipinski definition) is 7. The van der Waals surface area contributed by atoms with Crippen LogP contribution in [-0.2, 0) is 15.9 Å². The maximum absolute atomic E-state index is 5.61. The zero-order chi connectivity index (χ0) is 14.4. The van der Waals surface area contributed by atoms with Crippen LogP contribution in [0.2, 0.25) is 0 Å². The van der Waals surface area contributed by atoms with E-state index in [0.29, 0.717) is 19.0 Å². The third kappa shape index (κ3) is 3.17. The molecule has 2 heterocycles. The standard InChI is InChI=1S/C13H23N5O2/c1-3-4-10-11(16-9-17-12(10)18-14)15-7-13(19-2)5-6-20-8-13/h9H,3-8,14H2,1-2H3,(H2,15,16,17,18). The number of nitrogens with one attached hydrogen (secondary N) is 2. The molecule has 0 saturated carbocycles. The van der Waals surface area contributed by atoms with E-state index in [0.717, 1.165) is 37.3 Å². The Morgan fingerprint density at radius 1 is 1.45 bits per heavy atom. The molecule has 112 valence electrons. The van der Waals surface area contributed by atoms with Gasteiger partial charge in [-0.2, -0.15) is 0 Å². The van der Waals surface area contributed by atoms with Crippen molar-refractivity contribution in [1.82, 2.24) is 9.97 Å². The second-order valence-electron chi connectivity index (χ2n) is 4.99. The molecule has 0 aromatic carbocycles. The smallest absolute Gasteiger partial charge is 0.148 e. The highest BCUT2D eigenvalue weighted by Crippen LogP contribution is 2.25. The summed E-state index contributed by atoms with van der Waals surface area (Å²) in [6.07, 6.45) is 4.24. The molecule has 7 heteroatoms. The van der Waals surface area contributed by atoms with Crippen molar-refractivity contribution in [2.45, 2.75) is 31.8 Å². The zero-order valence-electron chi connectivity index (χ0n) is 12.1. The molecule has 1 unspecified atom stereocenters. The summed E-state index contributed by atoms with van der Waals surface area (Å²) < 4.78 is 11.0. The van der Waals surface area contributed by atoms with E-state index in [-0.39, 0.29) is 5.60 Å². The van der Waals surface area contributed by atoms with Crippen molar-refractivity contribution in [2.24, 2.45) is 5.84 Å². The molecule has 2 rings (SSSR count). The molecule has 0 amide bonds. The monoisotopic (exact) mass is 281 g/mol. The lowest BCUT2D eigenvalue weighted by atomic mass is 10.0. The number of rotatable bonds is 7. The van der Waals surface area contributed by atoms with E-state index in [1.807, 2.05) is 0 Å². The molecule has 0 bridgehead atoms. The molecular weight excluding hydrogens is 258 g/mol. The van der Waals surface area contributed by atoms with E-state index in [1.54, 1.807) is 7.11 Å². The van der Waals surface area contributed by atoms with Crippen molar-refractivity contribution in [3.05, 3.63) is 11.9 Å². The van der Waals surface area contributed by atoms with Gasteiger partial charge < -0.3 is 20.2 Å². The Bertz CT molecular complexity index is 435. The fraction of sp³-hybridized carbons (Fsp3) is 0.692. The van der Waals surface area contributed by atoms with Gasteiger partial charge in [0.1, 0.15) is 23.6 Å². The van der Waals surface area contributed by atoms with Crippen LogP contribution in [0.4, 0.5) is 11.6 Å². The summed E-state index contributed by atoms with van der Waals surface area (Å²) >= 11 is 0. The highest BCUT2D eigenvalue weighted by atomic mass is 16.5. The van der Waals surface area contributed by atoms with E-state index in [2.05, 4.69) is 27.6 Å². The normalized spacial score (nSPS) is 21.9. The van der Waals surface area contributed by atoms with Gasteiger partial charge in [-0.25, -0.2) is 15.8 Å². The summed E-state index contributed by atoms with van der Waals surface area (Å²) in [6.45, 7) is 4.10. The molecule has 1 saturated heterocycles. The van der Waals surface area contributed by atoms with E-state index < -0.39 is 0 Å². The van der Waals surface area contributed by atoms with Gasteiger partial charge >= 0.3 is 0 Å². The summed E-state index contributed by atoms with van der Waals surface area (Å²) in [5.41, 5.74) is 3.35. The number of hydrazine groups is 1. The first kappa shape index (κ1) is 15.0. The molecule has 7 nitrogen and oxygen atoms in total. The van der Waals surface area contributed by atoms with E-state index in [9.17, 15) is 0 Å². The summed E-state index contributed by atoms with van der Waals surface area (Å²) in [5, 5.41) is 3.35. The van der Waals surface area contributed by atoms with Gasteiger partial charge in [-0.3, -0.25) is 0 Å². The van der Waals surface area contributed by atoms with Crippen LogP contribution in [0.15, 0.2) is 6.33 Å². The Labute approximate surface area is 119 Å². The molecule has 1 fully saturated rings. The van der Waals surface area contributed by atoms with E-state index in [4.69, 9.17) is 15.3 Å². The molecule has 1 atom stereocenters. The van der Waals surface area contributed by atoms with Crippen molar-refractivity contribution >= 4 is 11.6 Å². The molecular formula is C13H23N5O2. The quantitative estimate of drug-likeness (QED) is 0.505. The maximum Gasteiger partial charge on any atom is 0.148 e. The van der Waals surface area contributed by atoms with Crippen molar-refractivity contribution < 1.29 is 9.47 Å². The lowest BCUT2D eigenvalue weighted by molar-refractivity contribution is -0.00626. The van der Waals surface area contributed by atoms with Crippen LogP contribution in [-0.4, -0.2) is 42.4 Å². The van der Waals surface area contributed by atoms with Crippen molar-refractivity contribution in [1.29, 1.82) is 0 Å². The van der Waals surface area contributed by atoms with Crippen molar-refractivity contribution in [3.63, 3.8) is 0 Å². The van der Waals surface area contributed by atoms with E-state index in [1.165, 1.54) is 6.33 Å². The number of nitrogen functional groups attached to an aromatic ring is 1. The number of ether oxygens (including phenoxy) is 2. The van der Waals surface area contributed by atoms with Gasteiger partial charge in [0.05, 0.1) is 6.61 Å². The fourth-order valence-electron chi connectivity index (χ4n) is 2.38. The summed E-state index contributed by atoms with van der Waals surface area (Å²) in [6, 6.07) is 0. The van der Waals surface area contributed by atoms with E-state index >= 15 is 0 Å². The zero-order valence-corrected chi connectivity index (χ0v) is 12.1. The van der Waals surface area contributed by atoms with Crippen molar-refractivity contribution in [2.75, 3.05) is 37.6 Å². The number of anilines is 2. The highest BCUT2D eigenvalue weighted by Gasteiger charge is 2.35. The minimum atomic E-state index is -0.273. The second kappa shape index (κ2) is 6.83. The maximum atomic E-state index is 5.61. The van der Waals surface area contributed by atoms with Crippen LogP contribution < -0.4 is 16.6 Å². The van der Waals surface area contributed by atoms with Gasteiger partial charge in [-0.1, -0.05) is 13.3 Å². The molecule has 4 N–H and O–H groups in total. The van der Waals surface area contributed by atoms with Gasteiger partial charge in [0.15, 0.2) is 0 Å². The minimum Gasteiger partial charge on any atom is -0.378 e. The molecule has 1 aliphatic rings. The van der Waals surface area contributed by atoms with Crippen LogP contribution in [0.3, 0.4) is 0 Å². The van der Waals surface area contributed by atoms with Crippen LogP contribution in [0.25, 0.3) is 0 Å². The number of methoxy groups -OCH3 is 1. The number of nitrogens with two attached hydrogens (primary N) is 1. The molecule has 1 aromatic heterocycles. The van der Waals surface area contributed by atoms with Gasteiger partial charge in [0.2, 0.25) is 0 Å². The Morgan fingerprint density at radius 2 is 2.25 bits per heavy atom. The van der Waals surface area contributed by atoms with Crippen LogP contribution in [0.5, 0.6) is 0 Å². The lowest BCUT2D eigenvalue weighted by Crippen LogP contribution is -2.40. The van der Waals surface area contributed by atoms with Crippen molar-refractivity contribution in [3.8, 4) is 0 Å². The predicted octanol–water partition coefficient (Wildman–Crippen LogP) is 0.932. The Hall–Kier alpha value is -1.44. The third-order valence-electron chi connectivity index (χ3n) is 3.66. The Kier molecular flexibility index (Phi) is 5.11. The molecule has 1 aromatic rings. The topological polar surface area (TPSA) is 94.3 Å². The second-order valence-corrected chi connectivity index (χ2v) is 4.99. The predicted molar refractivity (Wildman–Crippen MR) is 77.5 cm³/mol. The minimum absolute atomic E-state index is 0.273. The summed E-state index contributed by atoms with van der Waals surface area (Å²) in [4.78, 5) is 8.47. The first-order valence-corrected chi connectivity index (χ1v) is 6.92. The SMILES string of the molecule is CCCc1c(NN)ncnc1NCC1(OC)CCOC1. The first-order chi connectivity index (χ1) is 9.74. The molecule has 20 heavy (non-hydrogen) atoms. The van der Waals surface area contributed by atoms with Crippen LogP contribution >= 0.6 is 0 Å². The first-order valence-electron chi connectivity index (χ1n) is 6.92. The van der Waals surface area contributed by atoms with Crippen LogP contribution in [0.1, 0.15) is 25.3 Å². The van der Waals surface area contributed by atoms with Gasteiger partial charge in [0, 0.05) is 32.2 Å².